The molecule has 3 fully saturated rings. The quantitative estimate of drug-likeness (QED) is 0.803. The molecule has 1 saturated carbocycles. The maximum Gasteiger partial charge on any atom is 0.254 e. The Hall–Kier alpha value is -0.720. The third kappa shape index (κ3) is 3.22. The van der Waals surface area contributed by atoms with Crippen molar-refractivity contribution in [2.75, 3.05) is 26.7 Å². The van der Waals surface area contributed by atoms with Crippen LogP contribution in [0.4, 0.5) is 4.39 Å². The number of carbonyl (C=O) groups is 1. The van der Waals surface area contributed by atoms with Crippen LogP contribution in [0.1, 0.15) is 32.1 Å². The number of hydrogen-bond acceptors (Lipinski definition) is 4. The number of alkyl halides is 1. The fourth-order valence-corrected chi connectivity index (χ4v) is 3.93. The minimum absolute atomic E-state index is 0.0206. The summed E-state index contributed by atoms with van der Waals surface area (Å²) in [6.45, 7) is 1.56. The molecule has 0 aromatic heterocycles. The van der Waals surface area contributed by atoms with Crippen LogP contribution in [0.3, 0.4) is 0 Å². The van der Waals surface area contributed by atoms with Crippen molar-refractivity contribution >= 4 is 5.91 Å². The first-order valence-electron chi connectivity index (χ1n) is 8.14. The number of rotatable bonds is 3. The predicted molar refractivity (Wildman–Crippen MR) is 77.6 cm³/mol. The van der Waals surface area contributed by atoms with Crippen molar-refractivity contribution in [2.45, 2.75) is 56.6 Å². The van der Waals surface area contributed by atoms with Crippen molar-refractivity contribution < 1.29 is 13.9 Å². The second-order valence-corrected chi connectivity index (χ2v) is 6.52. The van der Waals surface area contributed by atoms with E-state index < -0.39 is 6.17 Å². The molecule has 0 bridgehead atoms. The zero-order valence-corrected chi connectivity index (χ0v) is 12.7. The van der Waals surface area contributed by atoms with Gasteiger partial charge in [0, 0.05) is 26.2 Å². The normalized spacial score (nSPS) is 38.1. The van der Waals surface area contributed by atoms with Crippen molar-refractivity contribution in [1.29, 1.82) is 0 Å². The molecule has 3 aliphatic rings. The van der Waals surface area contributed by atoms with Gasteiger partial charge in [-0.25, -0.2) is 4.39 Å². The molecule has 0 radical (unpaired) electrons. The van der Waals surface area contributed by atoms with E-state index >= 15 is 0 Å². The van der Waals surface area contributed by atoms with Crippen LogP contribution in [0.25, 0.3) is 0 Å². The fourth-order valence-electron chi connectivity index (χ4n) is 3.93. The SMILES string of the molecule is CO[C@H]1CCN(C(=O)C2NCC(C3CCCC3)N2)C[C@H]1F. The predicted octanol–water partition coefficient (Wildman–Crippen LogP) is 0.649. The molecular formula is C15H26FN3O2. The summed E-state index contributed by atoms with van der Waals surface area (Å²) < 4.78 is 19.0. The van der Waals surface area contributed by atoms with E-state index in [0.717, 1.165) is 6.54 Å². The summed E-state index contributed by atoms with van der Waals surface area (Å²) in [6.07, 6.45) is 3.89. The number of methoxy groups -OCH3 is 1. The van der Waals surface area contributed by atoms with E-state index in [1.165, 1.54) is 32.8 Å². The Morgan fingerprint density at radius 1 is 1.29 bits per heavy atom. The number of carbonyl (C=O) groups excluding carboxylic acids is 1. The van der Waals surface area contributed by atoms with E-state index in [4.69, 9.17) is 4.74 Å². The lowest BCUT2D eigenvalue weighted by atomic mass is 9.99. The minimum atomic E-state index is -1.08. The average Bonchev–Trinajstić information content (AvgIpc) is 3.17. The Morgan fingerprint density at radius 2 is 2.05 bits per heavy atom. The first-order valence-corrected chi connectivity index (χ1v) is 8.14. The van der Waals surface area contributed by atoms with Gasteiger partial charge in [0.05, 0.1) is 12.6 Å². The van der Waals surface area contributed by atoms with E-state index in [0.29, 0.717) is 24.9 Å². The van der Waals surface area contributed by atoms with Gasteiger partial charge >= 0.3 is 0 Å². The smallest absolute Gasteiger partial charge is 0.254 e. The van der Waals surface area contributed by atoms with Gasteiger partial charge in [-0.05, 0) is 25.2 Å². The Labute approximate surface area is 125 Å². The summed E-state index contributed by atoms with van der Waals surface area (Å²) in [5.41, 5.74) is 0. The molecule has 1 amide bonds. The van der Waals surface area contributed by atoms with Gasteiger partial charge < -0.3 is 9.64 Å². The standard InChI is InChI=1S/C15H26FN3O2/c1-21-13-6-7-19(9-11(13)16)15(20)14-17-8-12(18-14)10-4-2-3-5-10/h10-14,17-18H,2-9H2,1H3/t11-,12?,13+,14?/m1/s1. The van der Waals surface area contributed by atoms with Crippen LogP contribution in [-0.2, 0) is 9.53 Å². The summed E-state index contributed by atoms with van der Waals surface area (Å²) >= 11 is 0. The Kier molecular flexibility index (Phi) is 4.76. The summed E-state index contributed by atoms with van der Waals surface area (Å²) in [4.78, 5) is 14.1. The number of ether oxygens (including phenoxy) is 1. The fraction of sp³-hybridized carbons (Fsp3) is 0.933. The van der Waals surface area contributed by atoms with Gasteiger partial charge in [-0.1, -0.05) is 12.8 Å². The molecule has 3 rings (SSSR count). The summed E-state index contributed by atoms with van der Waals surface area (Å²) in [5.74, 6) is 0.663. The van der Waals surface area contributed by atoms with Crippen molar-refractivity contribution in [3.05, 3.63) is 0 Å². The lowest BCUT2D eigenvalue weighted by molar-refractivity contribution is -0.138. The number of halogens is 1. The van der Waals surface area contributed by atoms with E-state index in [1.807, 2.05) is 0 Å². The highest BCUT2D eigenvalue weighted by Crippen LogP contribution is 2.29. The first-order chi connectivity index (χ1) is 10.2. The van der Waals surface area contributed by atoms with Gasteiger partial charge in [0.15, 0.2) is 0 Å². The Morgan fingerprint density at radius 3 is 2.71 bits per heavy atom. The largest absolute Gasteiger partial charge is 0.378 e. The molecule has 0 aromatic rings. The third-order valence-electron chi connectivity index (χ3n) is 5.23. The lowest BCUT2D eigenvalue weighted by Gasteiger charge is -2.35. The minimum Gasteiger partial charge on any atom is -0.378 e. The average molecular weight is 299 g/mol. The van der Waals surface area contributed by atoms with Crippen LogP contribution >= 0.6 is 0 Å². The molecule has 4 atom stereocenters. The van der Waals surface area contributed by atoms with Gasteiger partial charge in [0.25, 0.3) is 5.91 Å². The van der Waals surface area contributed by atoms with Gasteiger partial charge in [-0.15, -0.1) is 0 Å². The molecule has 0 spiro atoms. The van der Waals surface area contributed by atoms with Crippen molar-refractivity contribution in [3.63, 3.8) is 0 Å². The van der Waals surface area contributed by atoms with Crippen LogP contribution in [0.5, 0.6) is 0 Å². The van der Waals surface area contributed by atoms with Crippen LogP contribution in [0.15, 0.2) is 0 Å². The maximum atomic E-state index is 13.9. The van der Waals surface area contributed by atoms with Gasteiger partial charge in [0.1, 0.15) is 12.3 Å². The van der Waals surface area contributed by atoms with Crippen molar-refractivity contribution in [3.8, 4) is 0 Å². The number of nitrogens with one attached hydrogen (secondary N) is 2. The van der Waals surface area contributed by atoms with Gasteiger partial charge in [0.2, 0.25) is 0 Å². The second kappa shape index (κ2) is 6.58. The van der Waals surface area contributed by atoms with Crippen LogP contribution in [0, 0.1) is 5.92 Å². The summed E-state index contributed by atoms with van der Waals surface area (Å²) in [5, 5.41) is 6.68. The summed E-state index contributed by atoms with van der Waals surface area (Å²) in [7, 11) is 1.53. The molecule has 21 heavy (non-hydrogen) atoms. The van der Waals surface area contributed by atoms with E-state index in [9.17, 15) is 9.18 Å². The zero-order valence-electron chi connectivity index (χ0n) is 12.7. The molecule has 5 nitrogen and oxygen atoms in total. The number of likely N-dealkylation sites (tertiary alicyclic amines) is 1. The van der Waals surface area contributed by atoms with Crippen molar-refractivity contribution in [2.24, 2.45) is 5.92 Å². The molecule has 2 aliphatic heterocycles. The highest BCUT2D eigenvalue weighted by Gasteiger charge is 2.39. The first kappa shape index (κ1) is 15.2. The highest BCUT2D eigenvalue weighted by atomic mass is 19.1. The monoisotopic (exact) mass is 299 g/mol. The maximum absolute atomic E-state index is 13.9. The van der Waals surface area contributed by atoms with E-state index in [1.54, 1.807) is 4.90 Å². The molecular weight excluding hydrogens is 273 g/mol. The third-order valence-corrected chi connectivity index (χ3v) is 5.23. The van der Waals surface area contributed by atoms with Crippen molar-refractivity contribution in [1.82, 2.24) is 15.5 Å². The molecule has 6 heteroatoms. The molecule has 2 unspecified atom stereocenters. The van der Waals surface area contributed by atoms with Gasteiger partial charge in [-0.2, -0.15) is 0 Å². The number of hydrogen-bond donors (Lipinski definition) is 2. The van der Waals surface area contributed by atoms with Crippen LogP contribution < -0.4 is 10.6 Å². The Balaban J connectivity index is 1.52. The zero-order chi connectivity index (χ0) is 14.8. The van der Waals surface area contributed by atoms with E-state index in [2.05, 4.69) is 10.6 Å². The molecule has 2 N–H and O–H groups in total. The summed E-state index contributed by atoms with van der Waals surface area (Å²) in [6, 6.07) is 0.388. The number of nitrogens with zero attached hydrogens (tertiary/aromatic N) is 1. The number of amides is 1. The highest BCUT2D eigenvalue weighted by molar-refractivity contribution is 5.82. The molecule has 2 heterocycles. The lowest BCUT2D eigenvalue weighted by Crippen LogP contribution is -2.55. The molecule has 120 valence electrons. The van der Waals surface area contributed by atoms with Crippen LogP contribution in [-0.4, -0.2) is 62.0 Å². The molecule has 1 aliphatic carbocycles. The van der Waals surface area contributed by atoms with E-state index in [-0.39, 0.29) is 24.7 Å². The second-order valence-electron chi connectivity index (χ2n) is 6.52. The molecule has 2 saturated heterocycles. The van der Waals surface area contributed by atoms with Gasteiger partial charge in [-0.3, -0.25) is 15.4 Å². The number of piperidine rings is 1. The Bertz CT molecular complexity index is 376. The topological polar surface area (TPSA) is 53.6 Å². The van der Waals surface area contributed by atoms with Crippen LogP contribution in [0.2, 0.25) is 0 Å². The molecule has 0 aromatic carbocycles.